The first kappa shape index (κ1) is 8.93. The van der Waals surface area contributed by atoms with E-state index in [2.05, 4.69) is 15.7 Å². The summed E-state index contributed by atoms with van der Waals surface area (Å²) in [5.41, 5.74) is 1.28. The second kappa shape index (κ2) is 4.01. The summed E-state index contributed by atoms with van der Waals surface area (Å²) in [7, 11) is 1.35. The molecule has 1 aromatic heterocycles. The lowest BCUT2D eigenvalue weighted by Gasteiger charge is -1.96. The van der Waals surface area contributed by atoms with Crippen LogP contribution in [0.3, 0.4) is 0 Å². The lowest BCUT2D eigenvalue weighted by atomic mass is 10.2. The Morgan fingerprint density at radius 1 is 1.92 bits per heavy atom. The van der Waals surface area contributed by atoms with Crippen LogP contribution in [-0.2, 0) is 11.2 Å². The van der Waals surface area contributed by atoms with Crippen LogP contribution in [0.1, 0.15) is 16.1 Å². The number of allylic oxidation sites excluding steroid dienone is 1. The molecule has 1 rings (SSSR count). The van der Waals surface area contributed by atoms with Crippen molar-refractivity contribution in [2.45, 2.75) is 6.42 Å². The van der Waals surface area contributed by atoms with Gasteiger partial charge in [0.15, 0.2) is 5.69 Å². The summed E-state index contributed by atoms with van der Waals surface area (Å²) in [4.78, 5) is 11.1. The quantitative estimate of drug-likeness (QED) is 0.528. The predicted molar refractivity (Wildman–Crippen MR) is 47.4 cm³/mol. The van der Waals surface area contributed by atoms with Crippen LogP contribution in [0.2, 0.25) is 0 Å². The molecule has 12 heavy (non-hydrogen) atoms. The van der Waals surface area contributed by atoms with E-state index in [9.17, 15) is 4.79 Å². The third-order valence-electron chi connectivity index (χ3n) is 1.39. The van der Waals surface area contributed by atoms with Gasteiger partial charge in [0.05, 0.1) is 7.11 Å². The molecule has 1 aromatic rings. The van der Waals surface area contributed by atoms with Crippen molar-refractivity contribution in [1.82, 2.24) is 4.37 Å². The maximum atomic E-state index is 11.1. The number of ether oxygens (including phenoxy) is 1. The average Bonchev–Trinajstić information content (AvgIpc) is 2.52. The standard InChI is InChI=1S/C8H9NO2S/c1-3-4-6-5-12-9-7(6)8(10)11-2/h3,5H,1,4H2,2H3. The van der Waals surface area contributed by atoms with Crippen molar-refractivity contribution in [3.05, 3.63) is 29.3 Å². The average molecular weight is 183 g/mol. The van der Waals surface area contributed by atoms with Gasteiger partial charge in [0.2, 0.25) is 0 Å². The number of hydrogen-bond donors (Lipinski definition) is 0. The maximum absolute atomic E-state index is 11.1. The molecule has 0 amide bonds. The van der Waals surface area contributed by atoms with Gasteiger partial charge in [-0.1, -0.05) is 6.08 Å². The predicted octanol–water partition coefficient (Wildman–Crippen LogP) is 1.66. The minimum Gasteiger partial charge on any atom is -0.464 e. The van der Waals surface area contributed by atoms with Gasteiger partial charge in [-0.15, -0.1) is 6.58 Å². The Hall–Kier alpha value is -1.16. The number of carbonyl (C=O) groups is 1. The van der Waals surface area contributed by atoms with Crippen LogP contribution in [0.25, 0.3) is 0 Å². The summed E-state index contributed by atoms with van der Waals surface area (Å²) in [5.74, 6) is -0.381. The van der Waals surface area contributed by atoms with Crippen molar-refractivity contribution in [2.75, 3.05) is 7.11 Å². The summed E-state index contributed by atoms with van der Waals surface area (Å²) < 4.78 is 8.48. The summed E-state index contributed by atoms with van der Waals surface area (Å²) in [5, 5.41) is 1.83. The van der Waals surface area contributed by atoms with Crippen LogP contribution in [0.15, 0.2) is 18.0 Å². The van der Waals surface area contributed by atoms with Crippen LogP contribution in [0.5, 0.6) is 0 Å². The minimum atomic E-state index is -0.381. The number of rotatable bonds is 3. The number of hydrogen-bond acceptors (Lipinski definition) is 4. The van der Waals surface area contributed by atoms with Gasteiger partial charge in [-0.05, 0) is 18.0 Å². The molecule has 0 aromatic carbocycles. The number of nitrogens with zero attached hydrogens (tertiary/aromatic N) is 1. The largest absolute Gasteiger partial charge is 0.464 e. The molecule has 0 atom stereocenters. The Balaban J connectivity index is 2.90. The van der Waals surface area contributed by atoms with Gasteiger partial charge in [0.1, 0.15) is 0 Å². The van der Waals surface area contributed by atoms with E-state index in [0.717, 1.165) is 5.56 Å². The molecule has 0 aliphatic carbocycles. The molecule has 0 saturated heterocycles. The fourth-order valence-electron chi connectivity index (χ4n) is 0.822. The molecular formula is C8H9NO2S. The van der Waals surface area contributed by atoms with Crippen LogP contribution in [0.4, 0.5) is 0 Å². The van der Waals surface area contributed by atoms with Crippen molar-refractivity contribution in [1.29, 1.82) is 0 Å². The molecule has 0 aliphatic heterocycles. The molecular weight excluding hydrogens is 174 g/mol. The monoisotopic (exact) mass is 183 g/mol. The van der Waals surface area contributed by atoms with E-state index in [-0.39, 0.29) is 5.97 Å². The van der Waals surface area contributed by atoms with Gasteiger partial charge in [-0.3, -0.25) is 0 Å². The van der Waals surface area contributed by atoms with Gasteiger partial charge in [-0.2, -0.15) is 4.37 Å². The highest BCUT2D eigenvalue weighted by Gasteiger charge is 2.13. The van der Waals surface area contributed by atoms with Crippen LogP contribution in [0, 0.1) is 0 Å². The summed E-state index contributed by atoms with van der Waals surface area (Å²) in [6.45, 7) is 3.59. The Kier molecular flexibility index (Phi) is 2.99. The topological polar surface area (TPSA) is 39.2 Å². The van der Waals surface area contributed by atoms with Gasteiger partial charge in [0.25, 0.3) is 0 Å². The Labute approximate surface area is 74.8 Å². The Morgan fingerprint density at radius 2 is 2.67 bits per heavy atom. The van der Waals surface area contributed by atoms with Crippen LogP contribution >= 0.6 is 11.5 Å². The summed E-state index contributed by atoms with van der Waals surface area (Å²) in [6.07, 6.45) is 2.39. The molecule has 0 saturated carbocycles. The molecule has 0 unspecified atom stereocenters. The summed E-state index contributed by atoms with van der Waals surface area (Å²) >= 11 is 1.25. The molecule has 0 spiro atoms. The van der Waals surface area contributed by atoms with Crippen molar-refractivity contribution in [3.8, 4) is 0 Å². The highest BCUT2D eigenvalue weighted by molar-refractivity contribution is 7.03. The number of aromatic nitrogens is 1. The van der Waals surface area contributed by atoms with E-state index in [1.807, 2.05) is 5.38 Å². The molecule has 0 aliphatic rings. The smallest absolute Gasteiger partial charge is 0.358 e. The molecule has 3 nitrogen and oxygen atoms in total. The van der Waals surface area contributed by atoms with Gasteiger partial charge >= 0.3 is 5.97 Å². The first-order chi connectivity index (χ1) is 5.79. The van der Waals surface area contributed by atoms with E-state index >= 15 is 0 Å². The molecule has 0 radical (unpaired) electrons. The van der Waals surface area contributed by atoms with E-state index in [1.165, 1.54) is 18.6 Å². The highest BCUT2D eigenvalue weighted by atomic mass is 32.1. The normalized spacial score (nSPS) is 9.42. The Morgan fingerprint density at radius 3 is 3.25 bits per heavy atom. The summed E-state index contributed by atoms with van der Waals surface area (Å²) in [6, 6.07) is 0. The fraction of sp³-hybridized carbons (Fsp3) is 0.250. The van der Waals surface area contributed by atoms with Gasteiger partial charge < -0.3 is 4.74 Å². The van der Waals surface area contributed by atoms with Crippen molar-refractivity contribution in [3.63, 3.8) is 0 Å². The van der Waals surface area contributed by atoms with E-state index in [0.29, 0.717) is 12.1 Å². The van der Waals surface area contributed by atoms with Crippen molar-refractivity contribution < 1.29 is 9.53 Å². The highest BCUT2D eigenvalue weighted by Crippen LogP contribution is 2.12. The van der Waals surface area contributed by atoms with Crippen molar-refractivity contribution >= 4 is 17.5 Å². The number of esters is 1. The van der Waals surface area contributed by atoms with Crippen molar-refractivity contribution in [2.24, 2.45) is 0 Å². The number of carbonyl (C=O) groups excluding carboxylic acids is 1. The zero-order valence-electron chi connectivity index (χ0n) is 6.74. The third kappa shape index (κ3) is 1.71. The molecule has 1 heterocycles. The van der Waals surface area contributed by atoms with Gasteiger partial charge in [-0.25, -0.2) is 4.79 Å². The van der Waals surface area contributed by atoms with E-state index < -0.39 is 0 Å². The second-order valence-corrected chi connectivity index (χ2v) is 2.80. The van der Waals surface area contributed by atoms with E-state index in [4.69, 9.17) is 0 Å². The second-order valence-electron chi connectivity index (χ2n) is 2.17. The molecule has 4 heteroatoms. The van der Waals surface area contributed by atoms with Crippen LogP contribution in [-0.4, -0.2) is 17.5 Å². The molecule has 0 N–H and O–H groups in total. The third-order valence-corrected chi connectivity index (χ3v) is 2.06. The number of methoxy groups -OCH3 is 1. The fourth-order valence-corrected chi connectivity index (χ4v) is 1.51. The first-order valence-corrected chi connectivity index (χ1v) is 4.25. The minimum absolute atomic E-state index is 0.381. The maximum Gasteiger partial charge on any atom is 0.358 e. The zero-order valence-corrected chi connectivity index (χ0v) is 7.56. The SMILES string of the molecule is C=CCc1csnc1C(=O)OC. The zero-order chi connectivity index (χ0) is 8.97. The molecule has 64 valence electrons. The van der Waals surface area contributed by atoms with Crippen LogP contribution < -0.4 is 0 Å². The van der Waals surface area contributed by atoms with Gasteiger partial charge in [0, 0.05) is 10.9 Å². The lowest BCUT2D eigenvalue weighted by molar-refractivity contribution is 0.0594. The molecule has 0 fully saturated rings. The Bertz CT molecular complexity index is 293. The van der Waals surface area contributed by atoms with E-state index in [1.54, 1.807) is 6.08 Å². The molecule has 0 bridgehead atoms. The first-order valence-electron chi connectivity index (χ1n) is 3.42. The lowest BCUT2D eigenvalue weighted by Crippen LogP contribution is -2.04.